The van der Waals surface area contributed by atoms with E-state index in [0.717, 1.165) is 4.31 Å². The van der Waals surface area contributed by atoms with Crippen LogP contribution in [0.5, 0.6) is 0 Å². The van der Waals surface area contributed by atoms with E-state index in [1.165, 1.54) is 38.4 Å². The zero-order valence-corrected chi connectivity index (χ0v) is 12.1. The molecule has 0 aromatic heterocycles. The van der Waals surface area contributed by atoms with E-state index in [1.54, 1.807) is 6.08 Å². The van der Waals surface area contributed by atoms with Crippen molar-refractivity contribution in [2.45, 2.75) is 12.5 Å². The second kappa shape index (κ2) is 6.60. The molecule has 1 unspecified atom stereocenters. The van der Waals surface area contributed by atoms with Crippen molar-refractivity contribution in [1.29, 1.82) is 0 Å². The molecule has 1 aromatic carbocycles. The van der Waals surface area contributed by atoms with Crippen molar-refractivity contribution in [2.75, 3.05) is 14.1 Å². The van der Waals surface area contributed by atoms with Crippen LogP contribution in [0.1, 0.15) is 18.0 Å². The average Bonchev–Trinajstić information content (AvgIpc) is 2.38. The van der Waals surface area contributed by atoms with Crippen molar-refractivity contribution >= 4 is 15.9 Å². The molecule has 0 aliphatic rings. The number of nitro benzene ring substituents is 1. The van der Waals surface area contributed by atoms with Gasteiger partial charge in [0.2, 0.25) is 0 Å². The molecule has 1 N–H and O–H groups in total. The summed E-state index contributed by atoms with van der Waals surface area (Å²) in [4.78, 5) is 10.1. The van der Waals surface area contributed by atoms with Crippen LogP contribution in [0.2, 0.25) is 0 Å². The predicted molar refractivity (Wildman–Crippen MR) is 76.4 cm³/mol. The van der Waals surface area contributed by atoms with Gasteiger partial charge in [0.15, 0.2) is 0 Å². The Bertz CT molecular complexity index is 581. The molecule has 20 heavy (non-hydrogen) atoms. The zero-order valence-electron chi connectivity index (χ0n) is 11.3. The first-order valence-electron chi connectivity index (χ1n) is 5.83. The van der Waals surface area contributed by atoms with Gasteiger partial charge in [-0.15, -0.1) is 6.58 Å². The number of nitrogens with zero attached hydrogens (tertiary/aromatic N) is 2. The highest BCUT2D eigenvalue weighted by Crippen LogP contribution is 2.21. The zero-order chi connectivity index (χ0) is 15.3. The lowest BCUT2D eigenvalue weighted by Gasteiger charge is -2.20. The minimum atomic E-state index is -3.59. The molecule has 0 aliphatic heterocycles. The van der Waals surface area contributed by atoms with Crippen molar-refractivity contribution < 1.29 is 13.3 Å². The largest absolute Gasteiger partial charge is 0.279 e. The summed E-state index contributed by atoms with van der Waals surface area (Å²) < 4.78 is 27.3. The third-order valence-corrected chi connectivity index (χ3v) is 4.22. The van der Waals surface area contributed by atoms with Crippen molar-refractivity contribution in [2.24, 2.45) is 0 Å². The molecule has 0 saturated carbocycles. The summed E-state index contributed by atoms with van der Waals surface area (Å²) in [5.41, 5.74) is 0.600. The molecule has 0 aliphatic carbocycles. The van der Waals surface area contributed by atoms with Crippen LogP contribution >= 0.6 is 0 Å². The third-order valence-electron chi connectivity index (χ3n) is 2.68. The smallest absolute Gasteiger partial charge is 0.258 e. The number of hydrogen-bond acceptors (Lipinski definition) is 4. The fraction of sp³-hybridized carbons (Fsp3) is 0.333. The summed E-state index contributed by atoms with van der Waals surface area (Å²) in [5.74, 6) is 0. The van der Waals surface area contributed by atoms with Gasteiger partial charge in [0, 0.05) is 26.2 Å². The highest BCUT2D eigenvalue weighted by atomic mass is 32.2. The minimum Gasteiger partial charge on any atom is -0.258 e. The molecular weight excluding hydrogens is 282 g/mol. The minimum absolute atomic E-state index is 0.0402. The number of benzene rings is 1. The van der Waals surface area contributed by atoms with Crippen molar-refractivity contribution in [3.63, 3.8) is 0 Å². The molecule has 0 amide bonds. The van der Waals surface area contributed by atoms with Crippen LogP contribution in [-0.2, 0) is 10.2 Å². The molecule has 0 radical (unpaired) electrons. The third kappa shape index (κ3) is 4.12. The standard InChI is InChI=1S/C12H17N3O4S/c1-4-5-12(13-20(18,19)14(2)3)10-6-8-11(9-7-10)15(16)17/h4,6-9,12-13H,1,5H2,2-3H3. The summed E-state index contributed by atoms with van der Waals surface area (Å²) in [7, 11) is -0.753. The molecule has 110 valence electrons. The Balaban J connectivity index is 3.02. The van der Waals surface area contributed by atoms with Crippen LogP contribution in [0.15, 0.2) is 36.9 Å². The summed E-state index contributed by atoms with van der Waals surface area (Å²) in [5, 5.41) is 10.6. The van der Waals surface area contributed by atoms with E-state index >= 15 is 0 Å². The van der Waals surface area contributed by atoms with E-state index in [-0.39, 0.29) is 5.69 Å². The van der Waals surface area contributed by atoms with Crippen LogP contribution in [0.25, 0.3) is 0 Å². The van der Waals surface area contributed by atoms with Gasteiger partial charge in [-0.1, -0.05) is 18.2 Å². The van der Waals surface area contributed by atoms with Gasteiger partial charge in [-0.25, -0.2) is 0 Å². The Morgan fingerprint density at radius 1 is 1.40 bits per heavy atom. The topological polar surface area (TPSA) is 92.6 Å². The van der Waals surface area contributed by atoms with Gasteiger partial charge < -0.3 is 0 Å². The first kappa shape index (κ1) is 16.3. The maximum absolute atomic E-state index is 11.8. The lowest BCUT2D eigenvalue weighted by Crippen LogP contribution is -2.37. The van der Waals surface area contributed by atoms with Gasteiger partial charge in [0.1, 0.15) is 0 Å². The molecular formula is C12H17N3O4S. The lowest BCUT2D eigenvalue weighted by molar-refractivity contribution is -0.384. The van der Waals surface area contributed by atoms with Gasteiger partial charge in [0.05, 0.1) is 11.0 Å². The quantitative estimate of drug-likeness (QED) is 0.470. The maximum atomic E-state index is 11.8. The van der Waals surface area contributed by atoms with Gasteiger partial charge in [-0.3, -0.25) is 10.1 Å². The molecule has 0 bridgehead atoms. The number of hydrogen-bond donors (Lipinski definition) is 1. The number of rotatable bonds is 7. The molecule has 0 fully saturated rings. The summed E-state index contributed by atoms with van der Waals surface area (Å²) in [6.07, 6.45) is 1.97. The Kier molecular flexibility index (Phi) is 5.37. The van der Waals surface area contributed by atoms with Gasteiger partial charge in [-0.05, 0) is 12.0 Å². The van der Waals surface area contributed by atoms with Crippen molar-refractivity contribution in [1.82, 2.24) is 9.03 Å². The number of nitrogens with one attached hydrogen (secondary N) is 1. The first-order valence-corrected chi connectivity index (χ1v) is 7.27. The first-order chi connectivity index (χ1) is 9.27. The Morgan fingerprint density at radius 3 is 2.35 bits per heavy atom. The summed E-state index contributed by atoms with van der Waals surface area (Å²) >= 11 is 0. The van der Waals surface area contributed by atoms with E-state index in [2.05, 4.69) is 11.3 Å². The molecule has 0 heterocycles. The van der Waals surface area contributed by atoms with Gasteiger partial charge in [-0.2, -0.15) is 17.4 Å². The Morgan fingerprint density at radius 2 is 1.95 bits per heavy atom. The monoisotopic (exact) mass is 299 g/mol. The SMILES string of the molecule is C=CCC(NS(=O)(=O)N(C)C)c1ccc([N+](=O)[O-])cc1. The van der Waals surface area contributed by atoms with Crippen LogP contribution in [0, 0.1) is 10.1 Å². The van der Waals surface area contributed by atoms with E-state index in [1.807, 2.05) is 0 Å². The summed E-state index contributed by atoms with van der Waals surface area (Å²) in [6.45, 7) is 3.59. The molecule has 1 aromatic rings. The Labute approximate surface area is 118 Å². The maximum Gasteiger partial charge on any atom is 0.279 e. The molecule has 1 atom stereocenters. The van der Waals surface area contributed by atoms with E-state index in [4.69, 9.17) is 0 Å². The second-order valence-corrected chi connectivity index (χ2v) is 6.25. The molecule has 0 spiro atoms. The molecule has 1 rings (SSSR count). The summed E-state index contributed by atoms with van der Waals surface area (Å²) in [6, 6.07) is 5.24. The number of nitro groups is 1. The highest BCUT2D eigenvalue weighted by Gasteiger charge is 2.20. The number of non-ortho nitro benzene ring substituents is 1. The van der Waals surface area contributed by atoms with Gasteiger partial charge >= 0.3 is 0 Å². The molecule has 8 heteroatoms. The lowest BCUT2D eigenvalue weighted by atomic mass is 10.0. The Hall–Kier alpha value is -1.77. The fourth-order valence-corrected chi connectivity index (χ4v) is 2.34. The fourth-order valence-electron chi connectivity index (χ4n) is 1.53. The normalized spacial score (nSPS) is 13.2. The van der Waals surface area contributed by atoms with E-state index in [0.29, 0.717) is 12.0 Å². The highest BCUT2D eigenvalue weighted by molar-refractivity contribution is 7.87. The van der Waals surface area contributed by atoms with Gasteiger partial charge in [0.25, 0.3) is 15.9 Å². The molecule has 0 saturated heterocycles. The predicted octanol–water partition coefficient (Wildman–Crippen LogP) is 1.61. The second-order valence-electron chi connectivity index (χ2n) is 4.33. The van der Waals surface area contributed by atoms with Crippen LogP contribution in [0.4, 0.5) is 5.69 Å². The van der Waals surface area contributed by atoms with Crippen LogP contribution in [0.3, 0.4) is 0 Å². The molecule has 7 nitrogen and oxygen atoms in total. The van der Waals surface area contributed by atoms with Crippen molar-refractivity contribution in [3.8, 4) is 0 Å². The van der Waals surface area contributed by atoms with E-state index in [9.17, 15) is 18.5 Å². The van der Waals surface area contributed by atoms with Crippen molar-refractivity contribution in [3.05, 3.63) is 52.6 Å². The average molecular weight is 299 g/mol. The van der Waals surface area contributed by atoms with E-state index < -0.39 is 21.2 Å². The van der Waals surface area contributed by atoms with Crippen LogP contribution < -0.4 is 4.72 Å². The van der Waals surface area contributed by atoms with Crippen LogP contribution in [-0.4, -0.2) is 31.7 Å².